The van der Waals surface area contributed by atoms with Crippen LogP contribution in [0.5, 0.6) is 5.75 Å². The van der Waals surface area contributed by atoms with E-state index in [1.807, 2.05) is 37.3 Å². The van der Waals surface area contributed by atoms with E-state index >= 15 is 4.39 Å². The van der Waals surface area contributed by atoms with Gasteiger partial charge in [0.15, 0.2) is 6.73 Å². The van der Waals surface area contributed by atoms with Gasteiger partial charge in [0, 0.05) is 22.6 Å². The molecule has 0 radical (unpaired) electrons. The van der Waals surface area contributed by atoms with Crippen molar-refractivity contribution in [2.24, 2.45) is 0 Å². The first-order chi connectivity index (χ1) is 19.5. The van der Waals surface area contributed by atoms with Crippen molar-refractivity contribution in [3.05, 3.63) is 110 Å². The molecule has 4 aromatic rings. The van der Waals surface area contributed by atoms with E-state index in [-0.39, 0.29) is 33.7 Å². The van der Waals surface area contributed by atoms with Crippen LogP contribution in [0.1, 0.15) is 65.6 Å². The minimum atomic E-state index is -4.35. The molecule has 0 fully saturated rings. The molecule has 1 N–H and O–H groups in total. The minimum Gasteiger partial charge on any atom is -0.476 e. The minimum absolute atomic E-state index is 0.0618. The lowest BCUT2D eigenvalue weighted by Gasteiger charge is -2.37. The van der Waals surface area contributed by atoms with Crippen LogP contribution in [0.4, 0.5) is 4.39 Å². The zero-order valence-electron chi connectivity index (χ0n) is 22.9. The monoisotopic (exact) mass is 601 g/mol. The van der Waals surface area contributed by atoms with E-state index in [0.29, 0.717) is 11.1 Å². The van der Waals surface area contributed by atoms with Crippen molar-refractivity contribution >= 4 is 21.6 Å². The van der Waals surface area contributed by atoms with Crippen LogP contribution in [-0.2, 0) is 21.4 Å². The van der Waals surface area contributed by atoms with Gasteiger partial charge in [-0.2, -0.15) is 0 Å². The fourth-order valence-corrected chi connectivity index (χ4v) is 7.29. The smallest absolute Gasteiger partial charge is 0.434 e. The third-order valence-electron chi connectivity index (χ3n) is 7.42. The molecule has 3 atom stereocenters. The van der Waals surface area contributed by atoms with Crippen molar-refractivity contribution < 1.29 is 26.7 Å². The van der Waals surface area contributed by atoms with E-state index in [1.54, 1.807) is 26.8 Å². The summed E-state index contributed by atoms with van der Waals surface area (Å²) in [6.45, 7) is 6.75. The van der Waals surface area contributed by atoms with Crippen LogP contribution < -0.4 is 10.5 Å². The van der Waals surface area contributed by atoms with Gasteiger partial charge in [-0.1, -0.05) is 54.9 Å². The summed E-state index contributed by atoms with van der Waals surface area (Å²) >= 11 is 6.36. The third kappa shape index (κ3) is 5.54. The Morgan fingerprint density at radius 2 is 1.88 bits per heavy atom. The fourth-order valence-electron chi connectivity index (χ4n) is 5.18. The van der Waals surface area contributed by atoms with Gasteiger partial charge in [-0.15, -0.1) is 9.40 Å². The number of nitrogens with one attached hydrogen (secondary N) is 1. The number of fused-ring (bicyclic) bond motifs is 1. The first kappa shape index (κ1) is 29.0. The summed E-state index contributed by atoms with van der Waals surface area (Å²) in [5.74, 6) is -2.38. The summed E-state index contributed by atoms with van der Waals surface area (Å²) < 4.78 is 62.3. The van der Waals surface area contributed by atoms with Crippen molar-refractivity contribution in [1.29, 1.82) is 0 Å². The summed E-state index contributed by atoms with van der Waals surface area (Å²) in [5, 5.41) is 6.40. The Kier molecular flexibility index (Phi) is 8.06. The Morgan fingerprint density at radius 1 is 1.15 bits per heavy atom. The second kappa shape index (κ2) is 11.4. The van der Waals surface area contributed by atoms with Crippen molar-refractivity contribution in [1.82, 2.24) is 14.5 Å². The normalized spacial score (nSPS) is 16.9. The van der Waals surface area contributed by atoms with Gasteiger partial charge in [-0.05, 0) is 55.2 Å². The standard InChI is InChI=1S/C29H29ClFN3O6S/c1-16-10-11-23(31)25(17(16)2)18(3)26(28-32-33-29(35)40-28)34-15-39-24-13-21(30)12-22(27(24)41(34,36)37)19(4)38-14-20-8-6-5-7-9-20/h5-13,18-19,26H,14-15H2,1-4H3,(H,33,35)/t18?,19?,26-/m0/s1. The van der Waals surface area contributed by atoms with Gasteiger partial charge in [-0.3, -0.25) is 0 Å². The molecule has 0 saturated heterocycles. The number of ether oxygens (including phenoxy) is 2. The average molecular weight is 602 g/mol. The predicted octanol–water partition coefficient (Wildman–Crippen LogP) is 5.94. The highest BCUT2D eigenvalue weighted by molar-refractivity contribution is 7.89. The van der Waals surface area contributed by atoms with E-state index in [2.05, 4.69) is 10.2 Å². The van der Waals surface area contributed by atoms with Crippen molar-refractivity contribution in [2.45, 2.75) is 57.3 Å². The molecule has 9 nitrogen and oxygen atoms in total. The molecule has 1 aliphatic heterocycles. The lowest BCUT2D eigenvalue weighted by atomic mass is 9.87. The summed E-state index contributed by atoms with van der Waals surface area (Å²) in [4.78, 5) is 11.8. The third-order valence-corrected chi connectivity index (χ3v) is 9.54. The maximum absolute atomic E-state index is 15.2. The zero-order chi connectivity index (χ0) is 29.5. The van der Waals surface area contributed by atoms with Gasteiger partial charge in [0.1, 0.15) is 22.5 Å². The second-order valence-electron chi connectivity index (χ2n) is 10.0. The number of nitrogens with zero attached hydrogens (tertiary/aromatic N) is 2. The molecule has 0 saturated carbocycles. The molecular weight excluding hydrogens is 573 g/mol. The van der Waals surface area contributed by atoms with Gasteiger partial charge in [0.05, 0.1) is 12.7 Å². The number of aryl methyl sites for hydroxylation is 1. The summed E-state index contributed by atoms with van der Waals surface area (Å²) in [6.07, 6.45) is -0.698. The molecule has 0 amide bonds. The molecule has 12 heteroatoms. The van der Waals surface area contributed by atoms with E-state index in [4.69, 9.17) is 25.5 Å². The highest BCUT2D eigenvalue weighted by Crippen LogP contribution is 2.46. The van der Waals surface area contributed by atoms with Crippen LogP contribution >= 0.6 is 11.6 Å². The predicted molar refractivity (Wildman–Crippen MR) is 150 cm³/mol. The fraction of sp³-hybridized carbons (Fsp3) is 0.310. The number of aromatic nitrogens is 2. The number of hydrogen-bond donors (Lipinski definition) is 1. The molecular formula is C29H29ClFN3O6S. The van der Waals surface area contributed by atoms with E-state index < -0.39 is 46.4 Å². The molecule has 1 aliphatic rings. The van der Waals surface area contributed by atoms with Gasteiger partial charge in [0.25, 0.3) is 10.0 Å². The van der Waals surface area contributed by atoms with Gasteiger partial charge in [-0.25, -0.2) is 22.7 Å². The number of rotatable bonds is 8. The lowest BCUT2D eigenvalue weighted by Crippen LogP contribution is -2.43. The Hall–Kier alpha value is -3.51. The van der Waals surface area contributed by atoms with Crippen LogP contribution in [0.15, 0.2) is 68.7 Å². The number of hydrogen-bond acceptors (Lipinski definition) is 7. The zero-order valence-corrected chi connectivity index (χ0v) is 24.4. The first-order valence-electron chi connectivity index (χ1n) is 12.9. The summed E-state index contributed by atoms with van der Waals surface area (Å²) in [6, 6.07) is 14.2. The quantitative estimate of drug-likeness (QED) is 0.266. The Labute approximate surface area is 241 Å². The van der Waals surface area contributed by atoms with Gasteiger partial charge in [0.2, 0.25) is 5.89 Å². The molecule has 0 bridgehead atoms. The van der Waals surface area contributed by atoms with Gasteiger partial charge < -0.3 is 13.9 Å². The number of H-pyrrole nitrogens is 1. The van der Waals surface area contributed by atoms with E-state index in [9.17, 15) is 13.2 Å². The van der Waals surface area contributed by atoms with Crippen LogP contribution in [0.25, 0.3) is 0 Å². The van der Waals surface area contributed by atoms with Crippen LogP contribution in [0, 0.1) is 19.7 Å². The first-order valence-corrected chi connectivity index (χ1v) is 14.8. The Bertz CT molecular complexity index is 1740. The summed E-state index contributed by atoms with van der Waals surface area (Å²) in [7, 11) is -4.35. The average Bonchev–Trinajstić information content (AvgIpc) is 3.36. The van der Waals surface area contributed by atoms with Crippen LogP contribution in [-0.4, -0.2) is 29.7 Å². The molecule has 0 spiro atoms. The number of benzene rings is 3. The molecule has 5 rings (SSSR count). The molecule has 2 heterocycles. The van der Waals surface area contributed by atoms with Crippen molar-refractivity contribution in [3.8, 4) is 5.75 Å². The molecule has 41 heavy (non-hydrogen) atoms. The maximum atomic E-state index is 15.2. The SMILES string of the molecule is Cc1ccc(F)c(C(C)[C@@H](c2n[nH]c(=O)o2)N2COc3cc(Cl)cc(C(C)OCc4ccccc4)c3S2(=O)=O)c1C. The summed E-state index contributed by atoms with van der Waals surface area (Å²) in [5.41, 5.74) is 2.94. The van der Waals surface area contributed by atoms with E-state index in [1.165, 1.54) is 18.2 Å². The van der Waals surface area contributed by atoms with Gasteiger partial charge >= 0.3 is 5.76 Å². The topological polar surface area (TPSA) is 115 Å². The molecule has 216 valence electrons. The Balaban J connectivity index is 1.60. The van der Waals surface area contributed by atoms with E-state index in [0.717, 1.165) is 15.4 Å². The maximum Gasteiger partial charge on any atom is 0.434 e. The molecule has 3 aromatic carbocycles. The van der Waals surface area contributed by atoms with Crippen molar-refractivity contribution in [3.63, 3.8) is 0 Å². The Morgan fingerprint density at radius 3 is 2.56 bits per heavy atom. The van der Waals surface area contributed by atoms with Crippen LogP contribution in [0.3, 0.4) is 0 Å². The molecule has 1 aromatic heterocycles. The molecule has 2 unspecified atom stereocenters. The van der Waals surface area contributed by atoms with Crippen LogP contribution in [0.2, 0.25) is 5.02 Å². The number of aromatic amines is 1. The highest BCUT2D eigenvalue weighted by Gasteiger charge is 2.46. The van der Waals surface area contributed by atoms with Crippen molar-refractivity contribution in [2.75, 3.05) is 6.73 Å². The number of sulfonamides is 1. The number of halogens is 2. The largest absolute Gasteiger partial charge is 0.476 e. The highest BCUT2D eigenvalue weighted by atomic mass is 35.5. The lowest BCUT2D eigenvalue weighted by molar-refractivity contribution is 0.0491. The second-order valence-corrected chi connectivity index (χ2v) is 12.3. The molecule has 0 aliphatic carbocycles.